The van der Waals surface area contributed by atoms with Gasteiger partial charge in [0.1, 0.15) is 0 Å². The SMILES string of the molecule is CCCCC1CC(O)CCN1c1ccccc1. The largest absolute Gasteiger partial charge is 0.393 e. The Morgan fingerprint density at radius 3 is 2.76 bits per heavy atom. The van der Waals surface area contributed by atoms with Crippen molar-refractivity contribution in [3.05, 3.63) is 30.3 Å². The Balaban J connectivity index is 2.07. The third-order valence-electron chi connectivity index (χ3n) is 3.67. The van der Waals surface area contributed by atoms with Gasteiger partial charge in [0.15, 0.2) is 0 Å². The maximum atomic E-state index is 9.82. The van der Waals surface area contributed by atoms with E-state index in [2.05, 4.69) is 42.2 Å². The van der Waals surface area contributed by atoms with Gasteiger partial charge < -0.3 is 10.0 Å². The highest BCUT2D eigenvalue weighted by Crippen LogP contribution is 2.27. The fourth-order valence-corrected chi connectivity index (χ4v) is 2.70. The molecule has 2 unspecified atom stereocenters. The van der Waals surface area contributed by atoms with Gasteiger partial charge in [-0.15, -0.1) is 0 Å². The summed E-state index contributed by atoms with van der Waals surface area (Å²) in [6.45, 7) is 3.21. The Labute approximate surface area is 104 Å². The molecule has 1 aromatic carbocycles. The lowest BCUT2D eigenvalue weighted by Gasteiger charge is -2.39. The Kier molecular flexibility index (Phi) is 4.43. The van der Waals surface area contributed by atoms with Crippen LogP contribution >= 0.6 is 0 Å². The van der Waals surface area contributed by atoms with Crippen molar-refractivity contribution in [1.29, 1.82) is 0 Å². The van der Waals surface area contributed by atoms with Crippen LogP contribution in [0, 0.1) is 0 Å². The first kappa shape index (κ1) is 12.4. The van der Waals surface area contributed by atoms with Crippen LogP contribution in [0.15, 0.2) is 30.3 Å². The van der Waals surface area contributed by atoms with E-state index < -0.39 is 0 Å². The zero-order valence-corrected chi connectivity index (χ0v) is 10.7. The summed E-state index contributed by atoms with van der Waals surface area (Å²) in [7, 11) is 0. The highest BCUT2D eigenvalue weighted by Gasteiger charge is 2.26. The van der Waals surface area contributed by atoms with Gasteiger partial charge in [0.2, 0.25) is 0 Å². The van der Waals surface area contributed by atoms with Crippen molar-refractivity contribution in [3.8, 4) is 0 Å². The Morgan fingerprint density at radius 1 is 1.29 bits per heavy atom. The summed E-state index contributed by atoms with van der Waals surface area (Å²) in [6.07, 6.45) is 5.40. The number of unbranched alkanes of at least 4 members (excludes halogenated alkanes) is 1. The van der Waals surface area contributed by atoms with E-state index in [-0.39, 0.29) is 6.10 Å². The van der Waals surface area contributed by atoms with E-state index >= 15 is 0 Å². The maximum absolute atomic E-state index is 9.82. The predicted molar refractivity (Wildman–Crippen MR) is 72.3 cm³/mol. The zero-order valence-electron chi connectivity index (χ0n) is 10.7. The molecule has 2 rings (SSSR count). The van der Waals surface area contributed by atoms with E-state index in [1.807, 2.05) is 0 Å². The minimum atomic E-state index is -0.100. The van der Waals surface area contributed by atoms with Crippen molar-refractivity contribution in [3.63, 3.8) is 0 Å². The van der Waals surface area contributed by atoms with E-state index in [1.165, 1.54) is 24.9 Å². The Hall–Kier alpha value is -1.02. The van der Waals surface area contributed by atoms with Gasteiger partial charge >= 0.3 is 0 Å². The number of aliphatic hydroxyl groups is 1. The molecule has 0 bridgehead atoms. The van der Waals surface area contributed by atoms with Gasteiger partial charge in [0.05, 0.1) is 6.10 Å². The first-order valence-electron chi connectivity index (χ1n) is 6.81. The summed E-state index contributed by atoms with van der Waals surface area (Å²) >= 11 is 0. The van der Waals surface area contributed by atoms with Gasteiger partial charge in [-0.25, -0.2) is 0 Å². The highest BCUT2D eigenvalue weighted by atomic mass is 16.3. The molecule has 1 heterocycles. The Morgan fingerprint density at radius 2 is 2.06 bits per heavy atom. The van der Waals surface area contributed by atoms with Gasteiger partial charge in [-0.3, -0.25) is 0 Å². The van der Waals surface area contributed by atoms with Crippen molar-refractivity contribution in [2.75, 3.05) is 11.4 Å². The maximum Gasteiger partial charge on any atom is 0.0576 e. The summed E-state index contributed by atoms with van der Waals surface area (Å²) in [4.78, 5) is 2.47. The van der Waals surface area contributed by atoms with Crippen LogP contribution in [-0.2, 0) is 0 Å². The quantitative estimate of drug-likeness (QED) is 0.863. The van der Waals surface area contributed by atoms with Crippen LogP contribution in [0.1, 0.15) is 39.0 Å². The number of nitrogens with zero attached hydrogens (tertiary/aromatic N) is 1. The molecule has 0 aromatic heterocycles. The minimum Gasteiger partial charge on any atom is -0.393 e. The van der Waals surface area contributed by atoms with Crippen molar-refractivity contribution >= 4 is 5.69 Å². The van der Waals surface area contributed by atoms with Crippen molar-refractivity contribution in [2.24, 2.45) is 0 Å². The van der Waals surface area contributed by atoms with Crippen LogP contribution in [0.25, 0.3) is 0 Å². The first-order chi connectivity index (χ1) is 8.31. The average Bonchev–Trinajstić information content (AvgIpc) is 2.37. The molecule has 17 heavy (non-hydrogen) atoms. The Bertz CT molecular complexity index is 325. The first-order valence-corrected chi connectivity index (χ1v) is 6.81. The van der Waals surface area contributed by atoms with Crippen LogP contribution in [0.2, 0.25) is 0 Å². The molecule has 2 nitrogen and oxygen atoms in total. The zero-order chi connectivity index (χ0) is 12.1. The van der Waals surface area contributed by atoms with Crippen molar-refractivity contribution in [2.45, 2.75) is 51.2 Å². The molecular weight excluding hydrogens is 210 g/mol. The van der Waals surface area contributed by atoms with Gasteiger partial charge in [0, 0.05) is 18.3 Å². The van der Waals surface area contributed by atoms with Gasteiger partial charge in [-0.1, -0.05) is 38.0 Å². The molecule has 1 aliphatic heterocycles. The molecule has 0 saturated carbocycles. The second kappa shape index (κ2) is 6.06. The molecule has 1 aromatic rings. The van der Waals surface area contributed by atoms with E-state index in [4.69, 9.17) is 0 Å². The van der Waals surface area contributed by atoms with Crippen molar-refractivity contribution < 1.29 is 5.11 Å². The minimum absolute atomic E-state index is 0.100. The molecule has 1 saturated heterocycles. The summed E-state index contributed by atoms with van der Waals surface area (Å²) < 4.78 is 0. The molecule has 0 radical (unpaired) electrons. The number of aliphatic hydroxyl groups excluding tert-OH is 1. The molecule has 2 heteroatoms. The topological polar surface area (TPSA) is 23.5 Å². The number of benzene rings is 1. The molecule has 94 valence electrons. The lowest BCUT2D eigenvalue weighted by atomic mass is 9.94. The van der Waals surface area contributed by atoms with Crippen LogP contribution in [0.4, 0.5) is 5.69 Å². The molecule has 1 aliphatic rings. The molecule has 0 aliphatic carbocycles. The second-order valence-corrected chi connectivity index (χ2v) is 5.00. The molecule has 1 N–H and O–H groups in total. The van der Waals surface area contributed by atoms with Gasteiger partial charge in [0.25, 0.3) is 0 Å². The summed E-state index contributed by atoms with van der Waals surface area (Å²) in [5.41, 5.74) is 1.31. The monoisotopic (exact) mass is 233 g/mol. The smallest absolute Gasteiger partial charge is 0.0576 e. The fraction of sp³-hybridized carbons (Fsp3) is 0.600. The van der Waals surface area contributed by atoms with E-state index in [0.29, 0.717) is 6.04 Å². The second-order valence-electron chi connectivity index (χ2n) is 5.00. The van der Waals surface area contributed by atoms with E-state index in [1.54, 1.807) is 0 Å². The molecule has 2 atom stereocenters. The lowest BCUT2D eigenvalue weighted by Crippen LogP contribution is -2.44. The summed E-state index contributed by atoms with van der Waals surface area (Å²) in [6, 6.07) is 11.1. The number of para-hydroxylation sites is 1. The third kappa shape index (κ3) is 3.22. The molecule has 0 amide bonds. The molecule has 1 fully saturated rings. The summed E-state index contributed by atoms with van der Waals surface area (Å²) in [5.74, 6) is 0. The fourth-order valence-electron chi connectivity index (χ4n) is 2.70. The lowest BCUT2D eigenvalue weighted by molar-refractivity contribution is 0.126. The summed E-state index contributed by atoms with van der Waals surface area (Å²) in [5, 5.41) is 9.82. The van der Waals surface area contributed by atoms with Gasteiger partial charge in [-0.05, 0) is 31.4 Å². The number of hydrogen-bond acceptors (Lipinski definition) is 2. The van der Waals surface area contributed by atoms with E-state index in [9.17, 15) is 5.11 Å². The number of hydrogen-bond donors (Lipinski definition) is 1. The predicted octanol–water partition coefficient (Wildman–Crippen LogP) is 3.21. The van der Waals surface area contributed by atoms with Crippen LogP contribution in [0.3, 0.4) is 0 Å². The van der Waals surface area contributed by atoms with Crippen LogP contribution in [-0.4, -0.2) is 23.8 Å². The van der Waals surface area contributed by atoms with Crippen LogP contribution in [0.5, 0.6) is 0 Å². The average molecular weight is 233 g/mol. The molecule has 0 spiro atoms. The van der Waals surface area contributed by atoms with Crippen molar-refractivity contribution in [1.82, 2.24) is 0 Å². The number of anilines is 1. The third-order valence-corrected chi connectivity index (χ3v) is 3.67. The van der Waals surface area contributed by atoms with E-state index in [0.717, 1.165) is 19.4 Å². The number of rotatable bonds is 4. The highest BCUT2D eigenvalue weighted by molar-refractivity contribution is 5.47. The normalized spacial score (nSPS) is 24.9. The van der Waals surface area contributed by atoms with Gasteiger partial charge in [-0.2, -0.15) is 0 Å². The molecular formula is C15H23NO. The number of piperidine rings is 1. The van der Waals surface area contributed by atoms with Crippen LogP contribution < -0.4 is 4.90 Å². The standard InChI is InChI=1S/C15H23NO/c1-2-3-7-14-12-15(17)10-11-16(14)13-8-5-4-6-9-13/h4-6,8-9,14-15,17H,2-3,7,10-12H2,1H3.